The number of methoxy groups -OCH3 is 1. The van der Waals surface area contributed by atoms with E-state index in [0.29, 0.717) is 0 Å². The first-order valence-electron chi connectivity index (χ1n) is 8.24. The van der Waals surface area contributed by atoms with E-state index in [2.05, 4.69) is 20.7 Å². The lowest BCUT2D eigenvalue weighted by Gasteiger charge is -2.22. The maximum absolute atomic E-state index is 12.5. The van der Waals surface area contributed by atoms with Crippen LogP contribution >= 0.6 is 0 Å². The Bertz CT molecular complexity index is 647. The number of amides is 3. The van der Waals surface area contributed by atoms with Crippen LogP contribution in [0.25, 0.3) is 0 Å². The maximum Gasteiger partial charge on any atom is 0.328 e. The van der Waals surface area contributed by atoms with Gasteiger partial charge in [0.1, 0.15) is 18.1 Å². The molecule has 0 saturated heterocycles. The molecule has 3 N–H and O–H groups in total. The van der Waals surface area contributed by atoms with Gasteiger partial charge in [-0.05, 0) is 19.4 Å². The zero-order valence-electron chi connectivity index (χ0n) is 15.4. The van der Waals surface area contributed by atoms with Gasteiger partial charge < -0.3 is 20.7 Å². The second-order valence-electron chi connectivity index (χ2n) is 5.93. The van der Waals surface area contributed by atoms with E-state index in [1.165, 1.54) is 27.9 Å². The maximum atomic E-state index is 12.5. The Kier molecular flexibility index (Phi) is 8.27. The van der Waals surface area contributed by atoms with Gasteiger partial charge >= 0.3 is 5.97 Å². The van der Waals surface area contributed by atoms with E-state index in [4.69, 9.17) is 0 Å². The van der Waals surface area contributed by atoms with Crippen molar-refractivity contribution in [2.75, 3.05) is 7.11 Å². The topological polar surface area (TPSA) is 114 Å². The largest absolute Gasteiger partial charge is 0.467 e. The fourth-order valence-electron chi connectivity index (χ4n) is 2.28. The third-order valence-electron chi connectivity index (χ3n) is 3.64. The Labute approximate surface area is 152 Å². The summed E-state index contributed by atoms with van der Waals surface area (Å²) in [7, 11) is 1.23. The predicted octanol–water partition coefficient (Wildman–Crippen LogP) is -0.0838. The standard InChI is InChI=1S/C18H25N3O5/c1-11(19-13(3)22)16(23)21-15(10-14-8-6-5-7-9-14)17(24)20-12(2)18(25)26-4/h5-9,11-12,15H,10H2,1-4H3,(H,19,22)(H,20,24)(H,21,23)/t11-,12-,15+/m0/s1. The Morgan fingerprint density at radius 1 is 0.923 bits per heavy atom. The number of esters is 1. The van der Waals surface area contributed by atoms with E-state index < -0.39 is 35.9 Å². The monoisotopic (exact) mass is 363 g/mol. The fraction of sp³-hybridized carbons (Fsp3) is 0.444. The predicted molar refractivity (Wildman–Crippen MR) is 95.0 cm³/mol. The molecule has 3 amide bonds. The molecule has 0 unspecified atom stereocenters. The van der Waals surface area contributed by atoms with Gasteiger partial charge in [-0.15, -0.1) is 0 Å². The van der Waals surface area contributed by atoms with Gasteiger partial charge in [-0.3, -0.25) is 14.4 Å². The Morgan fingerprint density at radius 2 is 1.54 bits per heavy atom. The molecule has 1 rings (SSSR count). The van der Waals surface area contributed by atoms with Crippen LogP contribution in [0.5, 0.6) is 0 Å². The van der Waals surface area contributed by atoms with Crippen LogP contribution in [0.4, 0.5) is 0 Å². The van der Waals surface area contributed by atoms with Crippen molar-refractivity contribution in [2.45, 2.75) is 45.3 Å². The third-order valence-corrected chi connectivity index (χ3v) is 3.64. The SMILES string of the molecule is COC(=O)[C@H](C)NC(=O)[C@@H](Cc1ccccc1)NC(=O)[C@H](C)NC(C)=O. The normalized spacial score (nSPS) is 13.7. The lowest BCUT2D eigenvalue weighted by Crippen LogP contribution is -2.55. The van der Waals surface area contributed by atoms with E-state index in [9.17, 15) is 19.2 Å². The molecule has 1 aromatic carbocycles. The van der Waals surface area contributed by atoms with Crippen molar-refractivity contribution in [1.29, 1.82) is 0 Å². The summed E-state index contributed by atoms with van der Waals surface area (Å²) < 4.78 is 4.59. The molecule has 0 aliphatic heterocycles. The van der Waals surface area contributed by atoms with Crippen molar-refractivity contribution in [1.82, 2.24) is 16.0 Å². The second kappa shape index (κ2) is 10.2. The highest BCUT2D eigenvalue weighted by molar-refractivity contribution is 5.93. The van der Waals surface area contributed by atoms with Crippen molar-refractivity contribution < 1.29 is 23.9 Å². The van der Waals surface area contributed by atoms with Gasteiger partial charge in [0, 0.05) is 13.3 Å². The van der Waals surface area contributed by atoms with E-state index in [-0.39, 0.29) is 12.3 Å². The zero-order chi connectivity index (χ0) is 19.7. The molecule has 0 saturated carbocycles. The minimum absolute atomic E-state index is 0.235. The van der Waals surface area contributed by atoms with Crippen LogP contribution in [0.2, 0.25) is 0 Å². The Hall–Kier alpha value is -2.90. The molecule has 26 heavy (non-hydrogen) atoms. The molecule has 142 valence electrons. The third kappa shape index (κ3) is 6.92. The van der Waals surface area contributed by atoms with Crippen molar-refractivity contribution >= 4 is 23.7 Å². The summed E-state index contributed by atoms with van der Waals surface area (Å²) in [5.41, 5.74) is 0.839. The first kappa shape index (κ1) is 21.1. The van der Waals surface area contributed by atoms with Crippen LogP contribution in [0.1, 0.15) is 26.3 Å². The molecule has 0 spiro atoms. The highest BCUT2D eigenvalue weighted by Gasteiger charge is 2.26. The van der Waals surface area contributed by atoms with E-state index in [1.54, 1.807) is 0 Å². The summed E-state index contributed by atoms with van der Waals surface area (Å²) in [4.78, 5) is 47.4. The summed E-state index contributed by atoms with van der Waals surface area (Å²) in [6, 6.07) is 6.59. The Morgan fingerprint density at radius 3 is 2.08 bits per heavy atom. The summed E-state index contributed by atoms with van der Waals surface area (Å²) >= 11 is 0. The van der Waals surface area contributed by atoms with Crippen LogP contribution in [0.3, 0.4) is 0 Å². The van der Waals surface area contributed by atoms with Gasteiger partial charge in [-0.25, -0.2) is 4.79 Å². The van der Waals surface area contributed by atoms with Gasteiger partial charge in [0.05, 0.1) is 7.11 Å². The van der Waals surface area contributed by atoms with Crippen LogP contribution < -0.4 is 16.0 Å². The molecular formula is C18H25N3O5. The molecule has 1 aromatic rings. The number of carbonyl (C=O) groups is 4. The number of hydrogen-bond donors (Lipinski definition) is 3. The van der Waals surface area contributed by atoms with Crippen molar-refractivity contribution in [2.24, 2.45) is 0 Å². The first-order valence-corrected chi connectivity index (χ1v) is 8.24. The van der Waals surface area contributed by atoms with Crippen molar-refractivity contribution in [3.63, 3.8) is 0 Å². The lowest BCUT2D eigenvalue weighted by atomic mass is 10.0. The number of ether oxygens (including phenoxy) is 1. The number of hydrogen-bond acceptors (Lipinski definition) is 5. The number of benzene rings is 1. The lowest BCUT2D eigenvalue weighted by molar-refractivity contribution is -0.144. The smallest absolute Gasteiger partial charge is 0.328 e. The molecule has 3 atom stereocenters. The first-order chi connectivity index (χ1) is 12.2. The van der Waals surface area contributed by atoms with Gasteiger partial charge in [-0.1, -0.05) is 30.3 Å². The average Bonchev–Trinajstić information content (AvgIpc) is 2.60. The van der Waals surface area contributed by atoms with Crippen LogP contribution in [-0.4, -0.2) is 48.9 Å². The molecule has 0 aliphatic rings. The van der Waals surface area contributed by atoms with Gasteiger partial charge in [0.2, 0.25) is 17.7 Å². The molecule has 0 fully saturated rings. The number of rotatable bonds is 8. The quantitative estimate of drug-likeness (QED) is 0.559. The number of carbonyl (C=O) groups excluding carboxylic acids is 4. The van der Waals surface area contributed by atoms with Gasteiger partial charge in [-0.2, -0.15) is 0 Å². The molecule has 0 radical (unpaired) electrons. The summed E-state index contributed by atoms with van der Waals surface area (Å²) in [5, 5.41) is 7.60. The van der Waals surface area contributed by atoms with Crippen LogP contribution in [-0.2, 0) is 30.3 Å². The van der Waals surface area contributed by atoms with Crippen LogP contribution in [0.15, 0.2) is 30.3 Å². The molecule has 8 heteroatoms. The van der Waals surface area contributed by atoms with Crippen LogP contribution in [0, 0.1) is 0 Å². The number of nitrogens with one attached hydrogen (secondary N) is 3. The molecular weight excluding hydrogens is 338 g/mol. The zero-order valence-corrected chi connectivity index (χ0v) is 15.4. The van der Waals surface area contributed by atoms with Gasteiger partial charge in [0.15, 0.2) is 0 Å². The second-order valence-corrected chi connectivity index (χ2v) is 5.93. The fourth-order valence-corrected chi connectivity index (χ4v) is 2.28. The molecule has 0 bridgehead atoms. The molecule has 0 aromatic heterocycles. The summed E-state index contributed by atoms with van der Waals surface area (Å²) in [6.07, 6.45) is 0.235. The summed E-state index contributed by atoms with van der Waals surface area (Å²) in [5.74, 6) is -1.96. The highest BCUT2D eigenvalue weighted by Crippen LogP contribution is 2.05. The Balaban J connectivity index is 2.87. The minimum atomic E-state index is -0.909. The average molecular weight is 363 g/mol. The van der Waals surface area contributed by atoms with E-state index in [1.807, 2.05) is 30.3 Å². The summed E-state index contributed by atoms with van der Waals surface area (Å²) in [6.45, 7) is 4.31. The molecule has 0 heterocycles. The van der Waals surface area contributed by atoms with Crippen molar-refractivity contribution in [3.05, 3.63) is 35.9 Å². The van der Waals surface area contributed by atoms with E-state index >= 15 is 0 Å². The highest BCUT2D eigenvalue weighted by atomic mass is 16.5. The molecule has 0 aliphatic carbocycles. The van der Waals surface area contributed by atoms with Gasteiger partial charge in [0.25, 0.3) is 0 Å². The van der Waals surface area contributed by atoms with Crippen molar-refractivity contribution in [3.8, 4) is 0 Å². The van der Waals surface area contributed by atoms with E-state index in [0.717, 1.165) is 5.56 Å². The minimum Gasteiger partial charge on any atom is -0.467 e. The molecule has 8 nitrogen and oxygen atoms in total.